The molecule has 1 atom stereocenters. The maximum absolute atomic E-state index is 13.7. The van der Waals surface area contributed by atoms with Crippen LogP contribution in [-0.2, 0) is 0 Å². The van der Waals surface area contributed by atoms with Crippen LogP contribution in [0.4, 0.5) is 4.39 Å². The van der Waals surface area contributed by atoms with Crippen molar-refractivity contribution in [2.75, 3.05) is 0 Å². The molecule has 5 heteroatoms. The van der Waals surface area contributed by atoms with Crippen LogP contribution < -0.4 is 5.32 Å². The number of benzene rings is 2. The first-order chi connectivity index (χ1) is 9.47. The van der Waals surface area contributed by atoms with Gasteiger partial charge in [-0.1, -0.05) is 44.0 Å². The summed E-state index contributed by atoms with van der Waals surface area (Å²) in [6.45, 7) is 1.86. The number of hydrogen-bond acceptors (Lipinski definition) is 1. The van der Waals surface area contributed by atoms with E-state index in [1.807, 2.05) is 31.2 Å². The van der Waals surface area contributed by atoms with Gasteiger partial charge in [0.2, 0.25) is 0 Å². The van der Waals surface area contributed by atoms with E-state index in [-0.39, 0.29) is 11.6 Å². The van der Waals surface area contributed by atoms with Gasteiger partial charge in [-0.25, -0.2) is 4.39 Å². The maximum atomic E-state index is 13.7. The predicted octanol–water partition coefficient (Wildman–Crippen LogP) is 4.84. The lowest BCUT2D eigenvalue weighted by Crippen LogP contribution is -2.27. The van der Waals surface area contributed by atoms with E-state index in [0.717, 1.165) is 10.0 Å². The Labute approximate surface area is 133 Å². The molecular formula is C15H12Br2FNO. The van der Waals surface area contributed by atoms with Gasteiger partial charge in [-0.05, 0) is 42.8 Å². The molecule has 0 aliphatic heterocycles. The second kappa shape index (κ2) is 6.50. The highest BCUT2D eigenvalue weighted by atomic mass is 79.9. The Balaban J connectivity index is 2.13. The van der Waals surface area contributed by atoms with E-state index in [2.05, 4.69) is 37.2 Å². The molecule has 2 aromatic carbocycles. The zero-order valence-electron chi connectivity index (χ0n) is 10.7. The van der Waals surface area contributed by atoms with Crippen LogP contribution >= 0.6 is 31.9 Å². The average Bonchev–Trinajstić information content (AvgIpc) is 2.39. The molecule has 0 spiro atoms. The molecule has 0 saturated carbocycles. The van der Waals surface area contributed by atoms with Crippen LogP contribution in [0.1, 0.15) is 28.9 Å². The van der Waals surface area contributed by atoms with Crippen LogP contribution in [0.5, 0.6) is 0 Å². The van der Waals surface area contributed by atoms with Crippen molar-refractivity contribution in [3.05, 3.63) is 68.4 Å². The number of rotatable bonds is 3. The van der Waals surface area contributed by atoms with Crippen molar-refractivity contribution in [2.24, 2.45) is 0 Å². The molecule has 0 bridgehead atoms. The Morgan fingerprint density at radius 3 is 2.30 bits per heavy atom. The van der Waals surface area contributed by atoms with E-state index >= 15 is 0 Å². The van der Waals surface area contributed by atoms with Gasteiger partial charge in [0, 0.05) is 8.95 Å². The summed E-state index contributed by atoms with van der Waals surface area (Å²) >= 11 is 6.52. The number of halogens is 3. The third-order valence-electron chi connectivity index (χ3n) is 2.89. The fraction of sp³-hybridized carbons (Fsp3) is 0.133. The molecule has 1 unspecified atom stereocenters. The van der Waals surface area contributed by atoms with Gasteiger partial charge in [-0.3, -0.25) is 4.79 Å². The fourth-order valence-corrected chi connectivity index (χ4v) is 2.38. The van der Waals surface area contributed by atoms with Crippen molar-refractivity contribution in [2.45, 2.75) is 13.0 Å². The first kappa shape index (κ1) is 15.2. The fourth-order valence-electron chi connectivity index (χ4n) is 1.78. The van der Waals surface area contributed by atoms with E-state index in [9.17, 15) is 9.18 Å². The minimum atomic E-state index is -0.542. The summed E-state index contributed by atoms with van der Waals surface area (Å²) < 4.78 is 15.3. The van der Waals surface area contributed by atoms with Crippen molar-refractivity contribution in [1.82, 2.24) is 5.32 Å². The molecule has 2 rings (SSSR count). The van der Waals surface area contributed by atoms with Gasteiger partial charge < -0.3 is 5.32 Å². The Morgan fingerprint density at radius 2 is 1.70 bits per heavy atom. The third-order valence-corrected chi connectivity index (χ3v) is 3.92. The van der Waals surface area contributed by atoms with E-state index in [1.54, 1.807) is 6.07 Å². The molecule has 0 aromatic heterocycles. The summed E-state index contributed by atoms with van der Waals surface area (Å²) in [5.74, 6) is -0.967. The van der Waals surface area contributed by atoms with Crippen LogP contribution in [0.3, 0.4) is 0 Å². The minimum absolute atomic E-state index is 0.0390. The lowest BCUT2D eigenvalue weighted by atomic mass is 10.1. The summed E-state index contributed by atoms with van der Waals surface area (Å²) in [7, 11) is 0. The summed E-state index contributed by atoms with van der Waals surface area (Å²) in [5.41, 5.74) is 0.997. The van der Waals surface area contributed by atoms with E-state index < -0.39 is 11.7 Å². The number of carbonyl (C=O) groups excluding carboxylic acids is 1. The van der Waals surface area contributed by atoms with E-state index in [0.29, 0.717) is 4.47 Å². The first-order valence-electron chi connectivity index (χ1n) is 5.99. The molecule has 0 aliphatic carbocycles. The Kier molecular flexibility index (Phi) is 4.94. The second-order valence-corrected chi connectivity index (χ2v) is 6.20. The van der Waals surface area contributed by atoms with Crippen molar-refractivity contribution in [3.8, 4) is 0 Å². The highest BCUT2D eigenvalue weighted by Crippen LogP contribution is 2.19. The molecular weight excluding hydrogens is 389 g/mol. The van der Waals surface area contributed by atoms with Crippen LogP contribution in [0.15, 0.2) is 51.4 Å². The standard InChI is InChI=1S/C15H12Br2FNO/c1-9(10-2-4-11(16)5-3-10)19-15(20)13-7-6-12(17)8-14(13)18/h2-9H,1H3,(H,19,20). The average molecular weight is 401 g/mol. The van der Waals surface area contributed by atoms with Crippen molar-refractivity contribution < 1.29 is 9.18 Å². The monoisotopic (exact) mass is 399 g/mol. The van der Waals surface area contributed by atoms with Gasteiger partial charge in [0.25, 0.3) is 5.91 Å². The van der Waals surface area contributed by atoms with Crippen LogP contribution in [0, 0.1) is 5.82 Å². The quantitative estimate of drug-likeness (QED) is 0.784. The Hall–Kier alpha value is -1.20. The van der Waals surface area contributed by atoms with Crippen molar-refractivity contribution >= 4 is 37.8 Å². The highest BCUT2D eigenvalue weighted by Gasteiger charge is 2.15. The largest absolute Gasteiger partial charge is 0.345 e. The molecule has 0 aliphatic rings. The SMILES string of the molecule is CC(NC(=O)c1ccc(Br)cc1F)c1ccc(Br)cc1. The number of nitrogens with one attached hydrogen (secondary N) is 1. The number of carbonyl (C=O) groups is 1. The Bertz CT molecular complexity index is 628. The van der Waals surface area contributed by atoms with Gasteiger partial charge in [0.15, 0.2) is 0 Å². The maximum Gasteiger partial charge on any atom is 0.254 e. The summed E-state index contributed by atoms with van der Waals surface area (Å²) in [6.07, 6.45) is 0. The van der Waals surface area contributed by atoms with Crippen LogP contribution in [0.2, 0.25) is 0 Å². The number of amides is 1. The molecule has 1 amide bonds. The van der Waals surface area contributed by atoms with Gasteiger partial charge >= 0.3 is 0 Å². The van der Waals surface area contributed by atoms with Gasteiger partial charge in [-0.2, -0.15) is 0 Å². The predicted molar refractivity (Wildman–Crippen MR) is 84.1 cm³/mol. The molecule has 0 saturated heterocycles. The van der Waals surface area contributed by atoms with Crippen molar-refractivity contribution in [3.63, 3.8) is 0 Å². The third kappa shape index (κ3) is 3.67. The molecule has 0 radical (unpaired) electrons. The molecule has 0 heterocycles. The van der Waals surface area contributed by atoms with E-state index in [4.69, 9.17) is 0 Å². The normalized spacial score (nSPS) is 12.0. The zero-order valence-corrected chi connectivity index (χ0v) is 13.8. The van der Waals surface area contributed by atoms with Gasteiger partial charge in [-0.15, -0.1) is 0 Å². The Morgan fingerprint density at radius 1 is 1.10 bits per heavy atom. The highest BCUT2D eigenvalue weighted by molar-refractivity contribution is 9.10. The molecule has 2 aromatic rings. The minimum Gasteiger partial charge on any atom is -0.345 e. The summed E-state index contributed by atoms with van der Waals surface area (Å²) in [6, 6.07) is 11.8. The summed E-state index contributed by atoms with van der Waals surface area (Å²) in [4.78, 5) is 12.1. The van der Waals surface area contributed by atoms with E-state index in [1.165, 1.54) is 12.1 Å². The lowest BCUT2D eigenvalue weighted by molar-refractivity contribution is 0.0936. The first-order valence-corrected chi connectivity index (χ1v) is 7.57. The molecule has 2 nitrogen and oxygen atoms in total. The molecule has 104 valence electrons. The smallest absolute Gasteiger partial charge is 0.254 e. The number of hydrogen-bond donors (Lipinski definition) is 1. The van der Waals surface area contributed by atoms with Crippen LogP contribution in [0.25, 0.3) is 0 Å². The topological polar surface area (TPSA) is 29.1 Å². The molecule has 1 N–H and O–H groups in total. The van der Waals surface area contributed by atoms with Gasteiger partial charge in [0.1, 0.15) is 5.82 Å². The zero-order chi connectivity index (χ0) is 14.7. The van der Waals surface area contributed by atoms with Gasteiger partial charge in [0.05, 0.1) is 11.6 Å². The lowest BCUT2D eigenvalue weighted by Gasteiger charge is -2.15. The summed E-state index contributed by atoms with van der Waals surface area (Å²) in [5, 5.41) is 2.78. The van der Waals surface area contributed by atoms with Crippen molar-refractivity contribution in [1.29, 1.82) is 0 Å². The molecule has 20 heavy (non-hydrogen) atoms. The second-order valence-electron chi connectivity index (χ2n) is 4.37. The van der Waals surface area contributed by atoms with Crippen LogP contribution in [-0.4, -0.2) is 5.91 Å². The molecule has 0 fully saturated rings.